The molecule has 0 spiro atoms. The van der Waals surface area contributed by atoms with E-state index in [2.05, 4.69) is 10.2 Å². The highest BCUT2D eigenvalue weighted by Crippen LogP contribution is 2.24. The quantitative estimate of drug-likeness (QED) is 0.940. The maximum Gasteiger partial charge on any atom is 0.123 e. The van der Waals surface area contributed by atoms with Gasteiger partial charge in [0.25, 0.3) is 0 Å². The van der Waals surface area contributed by atoms with Gasteiger partial charge in [0.05, 0.1) is 11.4 Å². The summed E-state index contributed by atoms with van der Waals surface area (Å²) in [5, 5.41) is 8.73. The zero-order chi connectivity index (χ0) is 14.7. The van der Waals surface area contributed by atoms with Crippen molar-refractivity contribution in [3.63, 3.8) is 0 Å². The molecule has 3 nitrogen and oxygen atoms in total. The van der Waals surface area contributed by atoms with Crippen LogP contribution in [-0.4, -0.2) is 10.2 Å². The minimum atomic E-state index is -0.309. The number of nitrogens with zero attached hydrogens (tertiary/aromatic N) is 2. The van der Waals surface area contributed by atoms with Gasteiger partial charge in [-0.05, 0) is 55.2 Å². The summed E-state index contributed by atoms with van der Waals surface area (Å²) in [6.45, 7) is 3.88. The summed E-state index contributed by atoms with van der Waals surface area (Å²) < 4.78 is 13.3. The van der Waals surface area contributed by atoms with E-state index < -0.39 is 0 Å². The Balaban J connectivity index is 2.30. The maximum atomic E-state index is 13.3. The van der Waals surface area contributed by atoms with Gasteiger partial charge in [0, 0.05) is 11.1 Å². The Bertz CT molecular complexity index is 616. The number of aryl methyl sites for hydroxylation is 2. The first-order valence-corrected chi connectivity index (χ1v) is 6.91. The van der Waals surface area contributed by atoms with E-state index in [4.69, 9.17) is 17.3 Å². The molecule has 2 N–H and O–H groups in total. The molecule has 1 aromatic heterocycles. The molecular formula is C15H17ClFN3. The first-order valence-electron chi connectivity index (χ1n) is 6.54. The molecule has 0 amide bonds. The fraction of sp³-hybridized carbons (Fsp3) is 0.333. The summed E-state index contributed by atoms with van der Waals surface area (Å²) >= 11 is 6.08. The monoisotopic (exact) mass is 293 g/mol. The molecular weight excluding hydrogens is 277 g/mol. The van der Waals surface area contributed by atoms with E-state index in [0.717, 1.165) is 23.4 Å². The van der Waals surface area contributed by atoms with Crippen LogP contribution < -0.4 is 5.73 Å². The minimum Gasteiger partial charge on any atom is -0.324 e. The Morgan fingerprint density at radius 2 is 2.05 bits per heavy atom. The van der Waals surface area contributed by atoms with Gasteiger partial charge < -0.3 is 5.73 Å². The number of hydrogen-bond acceptors (Lipinski definition) is 3. The predicted octanol–water partition coefficient (Wildman–Crippen LogP) is 3.38. The van der Waals surface area contributed by atoms with Gasteiger partial charge in [-0.25, -0.2) is 4.39 Å². The summed E-state index contributed by atoms with van der Waals surface area (Å²) in [4.78, 5) is 0. The zero-order valence-corrected chi connectivity index (χ0v) is 12.3. The minimum absolute atomic E-state index is 0.279. The molecule has 0 aliphatic heterocycles. The first kappa shape index (κ1) is 14.9. The lowest BCUT2D eigenvalue weighted by Crippen LogP contribution is -2.17. The Morgan fingerprint density at radius 3 is 2.75 bits per heavy atom. The predicted molar refractivity (Wildman–Crippen MR) is 78.2 cm³/mol. The van der Waals surface area contributed by atoms with Gasteiger partial charge in [-0.1, -0.05) is 18.5 Å². The molecule has 1 aromatic carbocycles. The van der Waals surface area contributed by atoms with E-state index in [9.17, 15) is 4.39 Å². The molecule has 2 aromatic rings. The van der Waals surface area contributed by atoms with Crippen molar-refractivity contribution in [2.24, 2.45) is 5.73 Å². The van der Waals surface area contributed by atoms with Crippen LogP contribution in [0.15, 0.2) is 24.3 Å². The molecule has 0 fully saturated rings. The van der Waals surface area contributed by atoms with Crippen LogP contribution in [0.5, 0.6) is 0 Å². The van der Waals surface area contributed by atoms with Crippen molar-refractivity contribution in [1.82, 2.24) is 10.2 Å². The Morgan fingerprint density at radius 1 is 1.30 bits per heavy atom. The third kappa shape index (κ3) is 3.32. The Labute approximate surface area is 123 Å². The highest BCUT2D eigenvalue weighted by Gasteiger charge is 2.15. The van der Waals surface area contributed by atoms with Gasteiger partial charge in [-0.3, -0.25) is 0 Å². The van der Waals surface area contributed by atoms with Crippen LogP contribution in [0.2, 0.25) is 5.02 Å². The summed E-state index contributed by atoms with van der Waals surface area (Å²) in [5.74, 6) is -0.309. The SMILES string of the molecule is CCc1nnc(C)cc1C(N)Cc1cc(F)ccc1Cl. The number of nitrogens with two attached hydrogens (primary N) is 1. The second-order valence-corrected chi connectivity index (χ2v) is 5.19. The van der Waals surface area contributed by atoms with E-state index in [1.165, 1.54) is 12.1 Å². The van der Waals surface area contributed by atoms with Gasteiger partial charge in [-0.15, -0.1) is 0 Å². The van der Waals surface area contributed by atoms with Crippen LogP contribution in [0, 0.1) is 12.7 Å². The topological polar surface area (TPSA) is 51.8 Å². The average Bonchev–Trinajstić information content (AvgIpc) is 2.42. The molecule has 20 heavy (non-hydrogen) atoms. The molecule has 0 aliphatic carbocycles. The van der Waals surface area contributed by atoms with Crippen LogP contribution in [0.3, 0.4) is 0 Å². The van der Waals surface area contributed by atoms with Crippen molar-refractivity contribution in [3.8, 4) is 0 Å². The fourth-order valence-electron chi connectivity index (χ4n) is 2.18. The molecule has 0 bridgehead atoms. The Kier molecular flexibility index (Phi) is 4.68. The van der Waals surface area contributed by atoms with Crippen molar-refractivity contribution < 1.29 is 4.39 Å². The number of halogens is 2. The third-order valence-electron chi connectivity index (χ3n) is 3.21. The standard InChI is InChI=1S/C15H17ClFN3/c1-3-15-12(6-9(2)19-20-15)14(18)8-10-7-11(17)4-5-13(10)16/h4-7,14H,3,8,18H2,1-2H3. The highest BCUT2D eigenvalue weighted by molar-refractivity contribution is 6.31. The van der Waals surface area contributed by atoms with Crippen molar-refractivity contribution in [3.05, 3.63) is 57.6 Å². The number of benzene rings is 1. The maximum absolute atomic E-state index is 13.3. The van der Waals surface area contributed by atoms with Crippen LogP contribution in [0.1, 0.15) is 35.5 Å². The summed E-state index contributed by atoms with van der Waals surface area (Å²) in [7, 11) is 0. The average molecular weight is 294 g/mol. The molecule has 0 aliphatic rings. The summed E-state index contributed by atoms with van der Waals surface area (Å²) in [6, 6.07) is 5.97. The van der Waals surface area contributed by atoms with Gasteiger partial charge in [0.15, 0.2) is 0 Å². The number of aromatic nitrogens is 2. The van der Waals surface area contributed by atoms with Crippen molar-refractivity contribution in [1.29, 1.82) is 0 Å². The van der Waals surface area contributed by atoms with Crippen LogP contribution in [0.25, 0.3) is 0 Å². The number of hydrogen-bond donors (Lipinski definition) is 1. The van der Waals surface area contributed by atoms with Crippen LogP contribution >= 0.6 is 11.6 Å². The largest absolute Gasteiger partial charge is 0.324 e. The van der Waals surface area contributed by atoms with Crippen LogP contribution in [-0.2, 0) is 12.8 Å². The molecule has 1 heterocycles. The van der Waals surface area contributed by atoms with E-state index >= 15 is 0 Å². The van der Waals surface area contributed by atoms with Crippen molar-refractivity contribution in [2.75, 3.05) is 0 Å². The molecule has 0 saturated heterocycles. The third-order valence-corrected chi connectivity index (χ3v) is 3.58. The lowest BCUT2D eigenvalue weighted by molar-refractivity contribution is 0.621. The van der Waals surface area contributed by atoms with E-state index in [1.807, 2.05) is 19.9 Å². The zero-order valence-electron chi connectivity index (χ0n) is 11.5. The molecule has 106 valence electrons. The van der Waals surface area contributed by atoms with Gasteiger partial charge in [-0.2, -0.15) is 10.2 Å². The molecule has 2 rings (SSSR count). The molecule has 0 saturated carbocycles. The fourth-order valence-corrected chi connectivity index (χ4v) is 2.37. The first-order chi connectivity index (χ1) is 9.51. The van der Waals surface area contributed by atoms with Crippen molar-refractivity contribution >= 4 is 11.6 Å². The summed E-state index contributed by atoms with van der Waals surface area (Å²) in [5.41, 5.74) is 9.58. The lowest BCUT2D eigenvalue weighted by atomic mass is 9.97. The van der Waals surface area contributed by atoms with Gasteiger partial charge >= 0.3 is 0 Å². The van der Waals surface area contributed by atoms with E-state index in [0.29, 0.717) is 17.0 Å². The highest BCUT2D eigenvalue weighted by atomic mass is 35.5. The molecule has 0 radical (unpaired) electrons. The normalized spacial score (nSPS) is 12.4. The van der Waals surface area contributed by atoms with Crippen molar-refractivity contribution in [2.45, 2.75) is 32.7 Å². The smallest absolute Gasteiger partial charge is 0.123 e. The molecule has 1 unspecified atom stereocenters. The van der Waals surface area contributed by atoms with E-state index in [1.54, 1.807) is 6.07 Å². The lowest BCUT2D eigenvalue weighted by Gasteiger charge is -2.16. The van der Waals surface area contributed by atoms with E-state index in [-0.39, 0.29) is 11.9 Å². The number of rotatable bonds is 4. The second kappa shape index (κ2) is 6.29. The molecule has 5 heteroatoms. The Hall–Kier alpha value is -1.52. The molecule has 1 atom stereocenters. The van der Waals surface area contributed by atoms with Gasteiger partial charge in [0.2, 0.25) is 0 Å². The summed E-state index contributed by atoms with van der Waals surface area (Å²) in [6.07, 6.45) is 1.22. The van der Waals surface area contributed by atoms with Crippen LogP contribution in [0.4, 0.5) is 4.39 Å². The van der Waals surface area contributed by atoms with Gasteiger partial charge in [0.1, 0.15) is 5.82 Å². The second-order valence-electron chi connectivity index (χ2n) is 4.79.